The van der Waals surface area contributed by atoms with E-state index in [4.69, 9.17) is 5.73 Å². The molecule has 0 bridgehead atoms. The Labute approximate surface area is 129 Å². The van der Waals surface area contributed by atoms with Crippen LogP contribution in [0.25, 0.3) is 0 Å². The van der Waals surface area contributed by atoms with E-state index in [9.17, 15) is 0 Å². The third-order valence-electron chi connectivity index (χ3n) is 4.22. The zero-order valence-corrected chi connectivity index (χ0v) is 13.7. The fourth-order valence-electron chi connectivity index (χ4n) is 3.34. The summed E-state index contributed by atoms with van der Waals surface area (Å²) >= 11 is 0. The van der Waals surface area contributed by atoms with Crippen LogP contribution in [-0.2, 0) is 0 Å². The molecule has 2 atom stereocenters. The highest BCUT2D eigenvalue weighted by molar-refractivity contribution is 5.53. The number of hydrogen-bond acceptors (Lipinski definition) is 2. The summed E-state index contributed by atoms with van der Waals surface area (Å²) in [6.45, 7) is 9.21. The average Bonchev–Trinajstić information content (AvgIpc) is 2.43. The first kappa shape index (κ1) is 15.7. The van der Waals surface area contributed by atoms with Gasteiger partial charge in [0.05, 0.1) is 5.54 Å². The van der Waals surface area contributed by atoms with Crippen molar-refractivity contribution in [3.05, 3.63) is 54.3 Å². The summed E-state index contributed by atoms with van der Waals surface area (Å²) in [6, 6.07) is 11.2. The Kier molecular flexibility index (Phi) is 4.76. The Morgan fingerprint density at radius 3 is 2.38 bits per heavy atom. The molecule has 1 aliphatic rings. The molecule has 2 unspecified atom stereocenters. The second-order valence-electron chi connectivity index (χ2n) is 6.78. The summed E-state index contributed by atoms with van der Waals surface area (Å²) < 4.78 is 0. The Morgan fingerprint density at radius 2 is 1.86 bits per heavy atom. The van der Waals surface area contributed by atoms with Gasteiger partial charge in [-0.2, -0.15) is 0 Å². The largest absolute Gasteiger partial charge is 0.399 e. The van der Waals surface area contributed by atoms with Gasteiger partial charge in [-0.1, -0.05) is 44.2 Å². The molecular formula is C19H28N2. The van der Waals surface area contributed by atoms with Crippen LogP contribution in [0.5, 0.6) is 0 Å². The molecule has 21 heavy (non-hydrogen) atoms. The normalized spacial score (nSPS) is 23.0. The molecule has 0 heterocycles. The van der Waals surface area contributed by atoms with Crippen molar-refractivity contribution in [3.8, 4) is 0 Å². The summed E-state index contributed by atoms with van der Waals surface area (Å²) in [5.74, 6) is 0.683. The molecule has 1 aromatic rings. The lowest BCUT2D eigenvalue weighted by atomic mass is 9.87. The third kappa shape index (κ3) is 3.69. The van der Waals surface area contributed by atoms with Crippen LogP contribution in [0.4, 0.5) is 5.69 Å². The number of rotatable bonds is 5. The Hall–Kier alpha value is -1.70. The first-order valence-electron chi connectivity index (χ1n) is 7.91. The molecule has 2 rings (SSSR count). The molecule has 2 nitrogen and oxygen atoms in total. The Bertz CT molecular complexity index is 516. The van der Waals surface area contributed by atoms with Crippen molar-refractivity contribution in [1.29, 1.82) is 0 Å². The fraction of sp³-hybridized carbons (Fsp3) is 0.474. The monoisotopic (exact) mass is 284 g/mol. The summed E-state index contributed by atoms with van der Waals surface area (Å²) in [5, 5.41) is 0. The molecule has 0 fully saturated rings. The van der Waals surface area contributed by atoms with E-state index in [0.29, 0.717) is 12.0 Å². The van der Waals surface area contributed by atoms with E-state index >= 15 is 0 Å². The van der Waals surface area contributed by atoms with Crippen LogP contribution in [0.2, 0.25) is 0 Å². The van der Waals surface area contributed by atoms with Gasteiger partial charge in [-0.05, 0) is 50.8 Å². The number of para-hydroxylation sites is 1. The quantitative estimate of drug-likeness (QED) is 0.863. The molecule has 2 heteroatoms. The lowest BCUT2D eigenvalue weighted by Gasteiger charge is -2.46. The number of anilines is 1. The molecule has 0 aliphatic heterocycles. The van der Waals surface area contributed by atoms with Crippen molar-refractivity contribution >= 4 is 5.69 Å². The topological polar surface area (TPSA) is 29.3 Å². The molecule has 0 aromatic heterocycles. The fourth-order valence-corrected chi connectivity index (χ4v) is 3.34. The van der Waals surface area contributed by atoms with Gasteiger partial charge in [0.1, 0.15) is 0 Å². The van der Waals surface area contributed by atoms with Gasteiger partial charge < -0.3 is 10.6 Å². The number of nitrogens with zero attached hydrogens (tertiary/aromatic N) is 1. The van der Waals surface area contributed by atoms with Gasteiger partial charge in [-0.25, -0.2) is 0 Å². The van der Waals surface area contributed by atoms with E-state index in [1.54, 1.807) is 0 Å². The van der Waals surface area contributed by atoms with Crippen molar-refractivity contribution in [1.82, 2.24) is 0 Å². The van der Waals surface area contributed by atoms with Gasteiger partial charge in [0.15, 0.2) is 0 Å². The smallest absolute Gasteiger partial charge is 0.0598 e. The van der Waals surface area contributed by atoms with Crippen molar-refractivity contribution in [2.45, 2.75) is 52.1 Å². The Balaban J connectivity index is 2.35. The van der Waals surface area contributed by atoms with E-state index < -0.39 is 0 Å². The second kappa shape index (κ2) is 6.38. The lowest BCUT2D eigenvalue weighted by molar-refractivity contribution is 0.408. The van der Waals surface area contributed by atoms with Gasteiger partial charge in [-0.15, -0.1) is 0 Å². The van der Waals surface area contributed by atoms with Crippen LogP contribution in [0.1, 0.15) is 40.5 Å². The lowest BCUT2D eigenvalue weighted by Crippen LogP contribution is -2.51. The number of hydrogen-bond donors (Lipinski definition) is 1. The summed E-state index contributed by atoms with van der Waals surface area (Å²) in [7, 11) is 0. The van der Waals surface area contributed by atoms with E-state index in [-0.39, 0.29) is 5.54 Å². The zero-order chi connectivity index (χ0) is 15.5. The summed E-state index contributed by atoms with van der Waals surface area (Å²) in [5.41, 5.74) is 8.05. The minimum absolute atomic E-state index is 0.0153. The van der Waals surface area contributed by atoms with Gasteiger partial charge >= 0.3 is 0 Å². The second-order valence-corrected chi connectivity index (χ2v) is 6.78. The van der Waals surface area contributed by atoms with Crippen LogP contribution in [0.3, 0.4) is 0 Å². The maximum atomic E-state index is 5.91. The highest BCUT2D eigenvalue weighted by atomic mass is 15.2. The third-order valence-corrected chi connectivity index (χ3v) is 4.22. The standard InChI is InChI=1S/C19H28N2/c1-15(2)14-16(3)21(18-8-6-5-7-9-18)19(4)12-10-17(20)11-13-19/h5-12,15-16H,13-14,20H2,1-4H3. The molecule has 0 saturated heterocycles. The first-order valence-corrected chi connectivity index (χ1v) is 7.91. The molecular weight excluding hydrogens is 256 g/mol. The SMILES string of the molecule is CC(C)CC(C)N(c1ccccc1)C1(C)C=CC(N)=CC1. The van der Waals surface area contributed by atoms with Crippen LogP contribution in [-0.4, -0.2) is 11.6 Å². The maximum Gasteiger partial charge on any atom is 0.0598 e. The van der Waals surface area contributed by atoms with Crippen LogP contribution < -0.4 is 10.6 Å². The number of nitrogens with two attached hydrogens (primary N) is 1. The predicted molar refractivity (Wildman–Crippen MR) is 92.3 cm³/mol. The van der Waals surface area contributed by atoms with Crippen molar-refractivity contribution in [2.24, 2.45) is 11.7 Å². The van der Waals surface area contributed by atoms with Crippen molar-refractivity contribution in [3.63, 3.8) is 0 Å². The van der Waals surface area contributed by atoms with E-state index in [2.05, 4.69) is 75.1 Å². The van der Waals surface area contributed by atoms with E-state index in [1.165, 1.54) is 12.1 Å². The van der Waals surface area contributed by atoms with Crippen LogP contribution in [0, 0.1) is 5.92 Å². The summed E-state index contributed by atoms with van der Waals surface area (Å²) in [6.07, 6.45) is 8.57. The van der Waals surface area contributed by atoms with Gasteiger partial charge in [-0.3, -0.25) is 0 Å². The van der Waals surface area contributed by atoms with Crippen LogP contribution >= 0.6 is 0 Å². The van der Waals surface area contributed by atoms with Gasteiger partial charge in [0, 0.05) is 17.4 Å². The molecule has 1 aromatic carbocycles. The zero-order valence-electron chi connectivity index (χ0n) is 13.7. The van der Waals surface area contributed by atoms with Crippen molar-refractivity contribution < 1.29 is 0 Å². The molecule has 0 radical (unpaired) electrons. The molecule has 2 N–H and O–H groups in total. The number of benzene rings is 1. The van der Waals surface area contributed by atoms with Gasteiger partial charge in [0.25, 0.3) is 0 Å². The molecule has 1 aliphatic carbocycles. The van der Waals surface area contributed by atoms with Gasteiger partial charge in [0.2, 0.25) is 0 Å². The van der Waals surface area contributed by atoms with E-state index in [0.717, 1.165) is 12.1 Å². The predicted octanol–water partition coefficient (Wildman–Crippen LogP) is 4.49. The molecule has 0 amide bonds. The maximum absolute atomic E-state index is 5.91. The average molecular weight is 284 g/mol. The summed E-state index contributed by atoms with van der Waals surface area (Å²) in [4.78, 5) is 2.55. The van der Waals surface area contributed by atoms with Crippen molar-refractivity contribution in [2.75, 3.05) is 4.90 Å². The van der Waals surface area contributed by atoms with E-state index in [1.807, 2.05) is 6.08 Å². The molecule has 0 spiro atoms. The van der Waals surface area contributed by atoms with Crippen LogP contribution in [0.15, 0.2) is 54.3 Å². The minimum atomic E-state index is -0.0153. The highest BCUT2D eigenvalue weighted by Gasteiger charge is 2.33. The molecule has 114 valence electrons. The minimum Gasteiger partial charge on any atom is -0.399 e. The first-order chi connectivity index (χ1) is 9.92. The highest BCUT2D eigenvalue weighted by Crippen LogP contribution is 2.34. The molecule has 0 saturated carbocycles. The number of allylic oxidation sites excluding steroid dienone is 1. The Morgan fingerprint density at radius 1 is 1.19 bits per heavy atom.